The smallest absolute Gasteiger partial charge is 0.323 e. The lowest BCUT2D eigenvalue weighted by Gasteiger charge is -2.01. The third-order valence-electron chi connectivity index (χ3n) is 2.86. The lowest BCUT2D eigenvalue weighted by molar-refractivity contribution is -0.388. The predicted octanol–water partition coefficient (Wildman–Crippen LogP) is 2.53. The molecule has 2 aromatic rings. The summed E-state index contributed by atoms with van der Waals surface area (Å²) in [5.41, 5.74) is 2.28. The molecule has 0 atom stereocenters. The predicted molar refractivity (Wildman–Crippen MR) is 70.1 cm³/mol. The van der Waals surface area contributed by atoms with Crippen molar-refractivity contribution in [2.45, 2.75) is 31.6 Å². The molecule has 7 nitrogen and oxygen atoms in total. The third kappa shape index (κ3) is 2.48. The highest BCUT2D eigenvalue weighted by Crippen LogP contribution is 2.34. The average Bonchev–Trinajstić information content (AvgIpc) is 2.77. The van der Waals surface area contributed by atoms with E-state index >= 15 is 0 Å². The number of rotatable bonds is 4. The molecule has 0 aromatic carbocycles. The summed E-state index contributed by atoms with van der Waals surface area (Å²) >= 11 is 1.37. The molecule has 0 aliphatic heterocycles. The molecule has 0 N–H and O–H groups in total. The fourth-order valence-corrected chi connectivity index (χ4v) is 3.13. The number of aromatic nitrogens is 3. The maximum absolute atomic E-state index is 11.1. The molecular formula is C11H14N4O3S. The van der Waals surface area contributed by atoms with Gasteiger partial charge in [0, 0.05) is 18.4 Å². The van der Waals surface area contributed by atoms with Crippen molar-refractivity contribution in [1.29, 1.82) is 0 Å². The van der Waals surface area contributed by atoms with Crippen LogP contribution in [0.2, 0.25) is 0 Å². The largest absolute Gasteiger partial charge is 0.361 e. The molecule has 19 heavy (non-hydrogen) atoms. The van der Waals surface area contributed by atoms with E-state index < -0.39 is 4.92 Å². The first-order chi connectivity index (χ1) is 8.91. The molecule has 0 aliphatic rings. The van der Waals surface area contributed by atoms with Crippen LogP contribution in [-0.2, 0) is 12.8 Å². The van der Waals surface area contributed by atoms with Crippen LogP contribution in [0, 0.1) is 30.9 Å². The topological polar surface area (TPSA) is 87.0 Å². The van der Waals surface area contributed by atoms with Gasteiger partial charge < -0.3 is 4.52 Å². The highest BCUT2D eigenvalue weighted by molar-refractivity contribution is 7.98. The molecule has 2 aromatic heterocycles. The molecule has 8 heteroatoms. The second-order valence-corrected chi connectivity index (χ2v) is 5.18. The van der Waals surface area contributed by atoms with E-state index in [-0.39, 0.29) is 5.69 Å². The SMILES string of the molecule is Cc1noc(C)c1CSc1c([N+](=O)[O-])c(C)nn1C. The summed E-state index contributed by atoms with van der Waals surface area (Å²) in [6, 6.07) is 0. The Labute approximate surface area is 114 Å². The van der Waals surface area contributed by atoms with E-state index in [2.05, 4.69) is 10.3 Å². The number of thioether (sulfide) groups is 1. The molecule has 0 amide bonds. The minimum absolute atomic E-state index is 0.0688. The summed E-state index contributed by atoms with van der Waals surface area (Å²) in [6.45, 7) is 5.33. The summed E-state index contributed by atoms with van der Waals surface area (Å²) in [7, 11) is 1.70. The Bertz CT molecular complexity index is 613. The molecule has 0 spiro atoms. The first-order valence-corrected chi connectivity index (χ1v) is 6.63. The average molecular weight is 282 g/mol. The molecule has 2 rings (SSSR count). The lowest BCUT2D eigenvalue weighted by Crippen LogP contribution is -1.96. The minimum atomic E-state index is -0.391. The van der Waals surface area contributed by atoms with Gasteiger partial charge in [-0.05, 0) is 20.8 Å². The van der Waals surface area contributed by atoms with Gasteiger partial charge in [-0.3, -0.25) is 14.8 Å². The number of aryl methyl sites for hydroxylation is 4. The Morgan fingerprint density at radius 1 is 1.37 bits per heavy atom. The number of nitrogens with zero attached hydrogens (tertiary/aromatic N) is 4. The monoisotopic (exact) mass is 282 g/mol. The molecule has 102 valence electrons. The van der Waals surface area contributed by atoms with Crippen LogP contribution in [0.1, 0.15) is 22.7 Å². The van der Waals surface area contributed by atoms with Crippen molar-refractivity contribution >= 4 is 17.4 Å². The van der Waals surface area contributed by atoms with Crippen LogP contribution in [0.15, 0.2) is 9.55 Å². The number of hydrogen-bond donors (Lipinski definition) is 0. The van der Waals surface area contributed by atoms with E-state index in [0.29, 0.717) is 16.5 Å². The van der Waals surface area contributed by atoms with Crippen LogP contribution in [0.4, 0.5) is 5.69 Å². The van der Waals surface area contributed by atoms with Crippen LogP contribution in [0.25, 0.3) is 0 Å². The number of nitro groups is 1. The molecule has 0 saturated carbocycles. The minimum Gasteiger partial charge on any atom is -0.361 e. The van der Waals surface area contributed by atoms with Crippen molar-refractivity contribution in [1.82, 2.24) is 14.9 Å². The van der Waals surface area contributed by atoms with E-state index in [1.165, 1.54) is 16.4 Å². The Kier molecular flexibility index (Phi) is 3.61. The summed E-state index contributed by atoms with van der Waals surface area (Å²) in [5.74, 6) is 1.31. The van der Waals surface area contributed by atoms with Crippen LogP contribution >= 0.6 is 11.8 Å². The fraction of sp³-hybridized carbons (Fsp3) is 0.455. The quantitative estimate of drug-likeness (QED) is 0.486. The van der Waals surface area contributed by atoms with E-state index in [1.54, 1.807) is 14.0 Å². The molecular weight excluding hydrogens is 268 g/mol. The number of hydrogen-bond acceptors (Lipinski definition) is 6. The van der Waals surface area contributed by atoms with Gasteiger partial charge in [-0.15, -0.1) is 0 Å². The summed E-state index contributed by atoms with van der Waals surface area (Å²) in [6.07, 6.45) is 0. The van der Waals surface area contributed by atoms with Crippen LogP contribution in [-0.4, -0.2) is 19.9 Å². The van der Waals surface area contributed by atoms with E-state index in [9.17, 15) is 10.1 Å². The lowest BCUT2D eigenvalue weighted by atomic mass is 10.2. The Morgan fingerprint density at radius 2 is 2.05 bits per heavy atom. The normalized spacial score (nSPS) is 10.9. The first-order valence-electron chi connectivity index (χ1n) is 5.64. The van der Waals surface area contributed by atoms with E-state index in [0.717, 1.165) is 17.0 Å². The van der Waals surface area contributed by atoms with Gasteiger partial charge in [-0.2, -0.15) is 5.10 Å². The maximum atomic E-state index is 11.1. The standard InChI is InChI=1S/C11H14N4O3S/c1-6-9(8(3)18-13-6)5-19-11-10(15(16)17)7(2)12-14(11)4/h5H2,1-4H3. The highest BCUT2D eigenvalue weighted by Gasteiger charge is 2.24. The molecule has 0 fully saturated rings. The van der Waals surface area contributed by atoms with Crippen LogP contribution in [0.5, 0.6) is 0 Å². The first kappa shape index (κ1) is 13.6. The van der Waals surface area contributed by atoms with Crippen LogP contribution in [0.3, 0.4) is 0 Å². The summed E-state index contributed by atoms with van der Waals surface area (Å²) in [4.78, 5) is 10.7. The fourth-order valence-electron chi connectivity index (χ4n) is 1.85. The van der Waals surface area contributed by atoms with Gasteiger partial charge >= 0.3 is 5.69 Å². The van der Waals surface area contributed by atoms with Gasteiger partial charge in [-0.1, -0.05) is 16.9 Å². The van der Waals surface area contributed by atoms with Crippen molar-refractivity contribution in [3.8, 4) is 0 Å². The zero-order chi connectivity index (χ0) is 14.2. The van der Waals surface area contributed by atoms with Crippen LogP contribution < -0.4 is 0 Å². The second kappa shape index (κ2) is 5.04. The van der Waals surface area contributed by atoms with E-state index in [4.69, 9.17) is 4.52 Å². The molecule has 0 unspecified atom stereocenters. The maximum Gasteiger partial charge on any atom is 0.323 e. The zero-order valence-corrected chi connectivity index (χ0v) is 11.9. The third-order valence-corrected chi connectivity index (χ3v) is 4.02. The van der Waals surface area contributed by atoms with Crippen molar-refractivity contribution < 1.29 is 9.45 Å². The van der Waals surface area contributed by atoms with E-state index in [1.807, 2.05) is 13.8 Å². The Hall–Kier alpha value is -1.83. The highest BCUT2D eigenvalue weighted by atomic mass is 32.2. The van der Waals surface area contributed by atoms with Crippen molar-refractivity contribution in [3.05, 3.63) is 32.8 Å². The van der Waals surface area contributed by atoms with Gasteiger partial charge in [0.1, 0.15) is 11.5 Å². The Balaban J connectivity index is 2.27. The van der Waals surface area contributed by atoms with Gasteiger partial charge in [0.15, 0.2) is 5.03 Å². The molecule has 0 aliphatic carbocycles. The molecule has 2 heterocycles. The molecule has 0 radical (unpaired) electrons. The van der Waals surface area contributed by atoms with Gasteiger partial charge in [0.05, 0.1) is 10.6 Å². The second-order valence-electron chi connectivity index (χ2n) is 4.21. The van der Waals surface area contributed by atoms with Crippen molar-refractivity contribution in [2.75, 3.05) is 0 Å². The summed E-state index contributed by atoms with van der Waals surface area (Å²) < 4.78 is 6.62. The van der Waals surface area contributed by atoms with Gasteiger partial charge in [-0.25, -0.2) is 0 Å². The zero-order valence-electron chi connectivity index (χ0n) is 11.1. The van der Waals surface area contributed by atoms with Gasteiger partial charge in [0.25, 0.3) is 0 Å². The molecule has 0 saturated heterocycles. The van der Waals surface area contributed by atoms with Gasteiger partial charge in [0.2, 0.25) is 0 Å². The summed E-state index contributed by atoms with van der Waals surface area (Å²) in [5, 5.41) is 19.6. The Morgan fingerprint density at radius 3 is 2.58 bits per heavy atom. The van der Waals surface area contributed by atoms with Crippen molar-refractivity contribution in [3.63, 3.8) is 0 Å². The molecule has 0 bridgehead atoms. The van der Waals surface area contributed by atoms with Crippen molar-refractivity contribution in [2.24, 2.45) is 7.05 Å².